The van der Waals surface area contributed by atoms with Crippen LogP contribution in [-0.4, -0.2) is 23.8 Å². The molecule has 3 rings (SSSR count). The topological polar surface area (TPSA) is 39.2 Å². The number of pyridine rings is 1. The molecule has 0 fully saturated rings. The van der Waals surface area contributed by atoms with Crippen LogP contribution < -0.4 is 0 Å². The number of carbonyl (C=O) groups excluding carboxylic acids is 1. The van der Waals surface area contributed by atoms with Crippen LogP contribution in [0.4, 0.5) is 0 Å². The van der Waals surface area contributed by atoms with Crippen LogP contribution in [0.2, 0.25) is 0 Å². The van der Waals surface area contributed by atoms with Crippen molar-refractivity contribution in [2.45, 2.75) is 11.8 Å². The van der Waals surface area contributed by atoms with Gasteiger partial charge in [0, 0.05) is 15.8 Å². The summed E-state index contributed by atoms with van der Waals surface area (Å²) in [4.78, 5) is 17.6. The summed E-state index contributed by atoms with van der Waals surface area (Å²) >= 11 is 1.60. The van der Waals surface area contributed by atoms with E-state index in [1.165, 1.54) is 0 Å². The van der Waals surface area contributed by atoms with Gasteiger partial charge in [-0.2, -0.15) is 0 Å². The van der Waals surface area contributed by atoms with Crippen LogP contribution in [0.3, 0.4) is 0 Å². The minimum atomic E-state index is -0.291. The Morgan fingerprint density at radius 1 is 1.13 bits per heavy atom. The molecule has 3 nitrogen and oxygen atoms in total. The van der Waals surface area contributed by atoms with Crippen molar-refractivity contribution in [2.75, 3.05) is 12.9 Å². The molecule has 4 heteroatoms. The Morgan fingerprint density at radius 3 is 2.74 bits per heavy atom. The molecule has 0 N–H and O–H groups in total. The second-order valence-corrected chi connectivity index (χ2v) is 5.87. The molecule has 116 valence electrons. The number of para-hydroxylation sites is 1. The van der Waals surface area contributed by atoms with E-state index in [-0.39, 0.29) is 5.97 Å². The Bertz CT molecular complexity index is 861. The Hall–Kier alpha value is -2.33. The first-order chi connectivity index (χ1) is 11.2. The number of ether oxygens (including phenoxy) is 1. The number of thioether (sulfide) groups is 1. The minimum Gasteiger partial charge on any atom is -0.462 e. The predicted octanol–water partition coefficient (Wildman–Crippen LogP) is 4.80. The number of nitrogens with zero attached hydrogens (tertiary/aromatic N) is 1. The van der Waals surface area contributed by atoms with Crippen LogP contribution in [-0.2, 0) is 4.74 Å². The zero-order valence-electron chi connectivity index (χ0n) is 13.1. The van der Waals surface area contributed by atoms with Crippen LogP contribution in [0.15, 0.2) is 59.5 Å². The standard InChI is InChI=1S/C19H17NO2S/c1-3-22-19(21)14-8-10-15(18(12-14)23-2)17-11-9-13-6-4-5-7-16(13)20-17/h4-12H,3H2,1-2H3. The molecule has 0 aliphatic carbocycles. The highest BCUT2D eigenvalue weighted by Crippen LogP contribution is 2.31. The molecule has 0 aliphatic heterocycles. The van der Waals surface area contributed by atoms with Crippen molar-refractivity contribution in [1.82, 2.24) is 4.98 Å². The van der Waals surface area contributed by atoms with Gasteiger partial charge in [-0.15, -0.1) is 11.8 Å². The van der Waals surface area contributed by atoms with Crippen LogP contribution in [0.1, 0.15) is 17.3 Å². The van der Waals surface area contributed by atoms with E-state index in [1.54, 1.807) is 24.8 Å². The van der Waals surface area contributed by atoms with Gasteiger partial charge in [0.15, 0.2) is 0 Å². The summed E-state index contributed by atoms with van der Waals surface area (Å²) in [5.74, 6) is -0.291. The van der Waals surface area contributed by atoms with Gasteiger partial charge in [0.2, 0.25) is 0 Å². The SMILES string of the molecule is CCOC(=O)c1ccc(-c2ccc3ccccc3n2)c(SC)c1. The molecule has 1 heterocycles. The van der Waals surface area contributed by atoms with Crippen molar-refractivity contribution < 1.29 is 9.53 Å². The van der Waals surface area contributed by atoms with E-state index in [4.69, 9.17) is 9.72 Å². The maximum atomic E-state index is 11.9. The summed E-state index contributed by atoms with van der Waals surface area (Å²) in [7, 11) is 0. The van der Waals surface area contributed by atoms with E-state index >= 15 is 0 Å². The lowest BCUT2D eigenvalue weighted by molar-refractivity contribution is 0.0526. The van der Waals surface area contributed by atoms with Gasteiger partial charge >= 0.3 is 5.97 Å². The zero-order valence-corrected chi connectivity index (χ0v) is 13.9. The number of esters is 1. The highest BCUT2D eigenvalue weighted by molar-refractivity contribution is 7.98. The van der Waals surface area contributed by atoms with Gasteiger partial charge in [0.1, 0.15) is 0 Å². The van der Waals surface area contributed by atoms with Gasteiger partial charge in [-0.05, 0) is 37.4 Å². The van der Waals surface area contributed by atoms with Crippen molar-refractivity contribution in [1.29, 1.82) is 0 Å². The second kappa shape index (κ2) is 6.84. The number of hydrogen-bond donors (Lipinski definition) is 0. The Labute approximate surface area is 139 Å². The molecule has 0 bridgehead atoms. The molecule has 0 unspecified atom stereocenters. The molecule has 0 aliphatic rings. The van der Waals surface area contributed by atoms with Crippen LogP contribution in [0.5, 0.6) is 0 Å². The number of rotatable bonds is 4. The van der Waals surface area contributed by atoms with Gasteiger partial charge in [-0.3, -0.25) is 0 Å². The van der Waals surface area contributed by atoms with Gasteiger partial charge < -0.3 is 4.74 Å². The molecule has 0 saturated carbocycles. The average Bonchev–Trinajstić information content (AvgIpc) is 2.61. The minimum absolute atomic E-state index is 0.291. The third-order valence-electron chi connectivity index (χ3n) is 3.59. The lowest BCUT2D eigenvalue weighted by Crippen LogP contribution is -2.04. The van der Waals surface area contributed by atoms with E-state index < -0.39 is 0 Å². The quantitative estimate of drug-likeness (QED) is 0.511. The third-order valence-corrected chi connectivity index (χ3v) is 4.36. The van der Waals surface area contributed by atoms with Crippen LogP contribution >= 0.6 is 11.8 Å². The summed E-state index contributed by atoms with van der Waals surface area (Å²) in [6.07, 6.45) is 1.99. The van der Waals surface area contributed by atoms with Crippen LogP contribution in [0, 0.1) is 0 Å². The first kappa shape index (κ1) is 15.6. The van der Waals surface area contributed by atoms with Gasteiger partial charge in [0.05, 0.1) is 23.4 Å². The molecule has 2 aromatic carbocycles. The maximum Gasteiger partial charge on any atom is 0.338 e. The first-order valence-corrected chi connectivity index (χ1v) is 8.66. The van der Waals surface area contributed by atoms with Gasteiger partial charge in [0.25, 0.3) is 0 Å². The van der Waals surface area contributed by atoms with E-state index in [1.807, 2.05) is 48.7 Å². The molecule has 3 aromatic rings. The van der Waals surface area contributed by atoms with Gasteiger partial charge in [-0.25, -0.2) is 9.78 Å². The zero-order chi connectivity index (χ0) is 16.2. The van der Waals surface area contributed by atoms with E-state index in [2.05, 4.69) is 6.07 Å². The lowest BCUT2D eigenvalue weighted by Gasteiger charge is -2.10. The fraction of sp³-hybridized carbons (Fsp3) is 0.158. The van der Waals surface area contributed by atoms with Gasteiger partial charge in [-0.1, -0.05) is 30.3 Å². The number of fused-ring (bicyclic) bond motifs is 1. The first-order valence-electron chi connectivity index (χ1n) is 7.44. The Morgan fingerprint density at radius 2 is 1.96 bits per heavy atom. The molecule has 1 aromatic heterocycles. The summed E-state index contributed by atoms with van der Waals surface area (Å²) in [6.45, 7) is 2.18. The summed E-state index contributed by atoms with van der Waals surface area (Å²) in [5.41, 5.74) is 3.46. The molecule has 0 atom stereocenters. The smallest absolute Gasteiger partial charge is 0.338 e. The Balaban J connectivity index is 2.05. The number of carbonyl (C=O) groups is 1. The second-order valence-electron chi connectivity index (χ2n) is 5.02. The molecule has 0 radical (unpaired) electrons. The lowest BCUT2D eigenvalue weighted by atomic mass is 10.1. The fourth-order valence-corrected chi connectivity index (χ4v) is 3.10. The van der Waals surface area contributed by atoms with Crippen molar-refractivity contribution in [3.8, 4) is 11.3 Å². The summed E-state index contributed by atoms with van der Waals surface area (Å²) in [5, 5.41) is 1.12. The fourth-order valence-electron chi connectivity index (χ4n) is 2.46. The highest BCUT2D eigenvalue weighted by atomic mass is 32.2. The molecule has 0 amide bonds. The molecule has 0 spiro atoms. The number of benzene rings is 2. The summed E-state index contributed by atoms with van der Waals surface area (Å²) < 4.78 is 5.07. The number of aromatic nitrogens is 1. The average molecular weight is 323 g/mol. The predicted molar refractivity (Wildman–Crippen MR) is 94.9 cm³/mol. The monoisotopic (exact) mass is 323 g/mol. The van der Waals surface area contributed by atoms with Crippen molar-refractivity contribution >= 4 is 28.6 Å². The van der Waals surface area contributed by atoms with Crippen LogP contribution in [0.25, 0.3) is 22.2 Å². The van der Waals surface area contributed by atoms with E-state index in [0.717, 1.165) is 27.1 Å². The van der Waals surface area contributed by atoms with E-state index in [0.29, 0.717) is 12.2 Å². The van der Waals surface area contributed by atoms with Crippen molar-refractivity contribution in [3.63, 3.8) is 0 Å². The largest absolute Gasteiger partial charge is 0.462 e. The van der Waals surface area contributed by atoms with Crippen molar-refractivity contribution in [2.24, 2.45) is 0 Å². The Kier molecular flexibility index (Phi) is 4.63. The third kappa shape index (κ3) is 3.22. The molecular formula is C19H17NO2S. The summed E-state index contributed by atoms with van der Waals surface area (Å²) in [6, 6.07) is 17.7. The molecule has 23 heavy (non-hydrogen) atoms. The highest BCUT2D eigenvalue weighted by Gasteiger charge is 2.12. The molecule has 0 saturated heterocycles. The molecular weight excluding hydrogens is 306 g/mol. The van der Waals surface area contributed by atoms with Crippen molar-refractivity contribution in [3.05, 3.63) is 60.2 Å². The normalized spacial score (nSPS) is 10.7. The van der Waals surface area contributed by atoms with E-state index in [9.17, 15) is 4.79 Å². The number of hydrogen-bond acceptors (Lipinski definition) is 4. The maximum absolute atomic E-state index is 11.9.